The zero-order valence-corrected chi connectivity index (χ0v) is 12.1. The summed E-state index contributed by atoms with van der Waals surface area (Å²) in [6, 6.07) is 6.50. The molecular formula is C17H24N2O. The van der Waals surface area contributed by atoms with E-state index in [0.717, 1.165) is 37.8 Å². The summed E-state index contributed by atoms with van der Waals surface area (Å²) in [5, 5.41) is 0. The Labute approximate surface area is 121 Å². The number of fused-ring (bicyclic) bond motifs is 1. The zero-order chi connectivity index (χ0) is 13.9. The molecule has 3 rings (SSSR count). The van der Waals surface area contributed by atoms with E-state index >= 15 is 0 Å². The third-order valence-electron chi connectivity index (χ3n) is 4.79. The summed E-state index contributed by atoms with van der Waals surface area (Å²) in [5.41, 5.74) is 9.43. The number of aryl methyl sites for hydroxylation is 1. The van der Waals surface area contributed by atoms with Crippen LogP contribution in [-0.2, 0) is 12.8 Å². The van der Waals surface area contributed by atoms with Crippen LogP contribution in [-0.4, -0.2) is 29.9 Å². The molecule has 3 heteroatoms. The van der Waals surface area contributed by atoms with Gasteiger partial charge < -0.3 is 10.6 Å². The van der Waals surface area contributed by atoms with Crippen molar-refractivity contribution >= 4 is 5.91 Å². The van der Waals surface area contributed by atoms with Crippen molar-refractivity contribution in [3.8, 4) is 0 Å². The van der Waals surface area contributed by atoms with Crippen LogP contribution in [0.1, 0.15) is 53.6 Å². The fourth-order valence-corrected chi connectivity index (χ4v) is 3.66. The SMILES string of the molecule is NCC1CCCN1C(=O)c1cccc2c1CCCCC2. The van der Waals surface area contributed by atoms with E-state index < -0.39 is 0 Å². The minimum Gasteiger partial charge on any atom is -0.334 e. The molecule has 1 heterocycles. The van der Waals surface area contributed by atoms with Crippen LogP contribution in [0.15, 0.2) is 18.2 Å². The molecule has 0 aromatic heterocycles. The number of carbonyl (C=O) groups is 1. The molecule has 108 valence electrons. The summed E-state index contributed by atoms with van der Waals surface area (Å²) < 4.78 is 0. The first-order valence-corrected chi connectivity index (χ1v) is 7.93. The van der Waals surface area contributed by atoms with Gasteiger partial charge >= 0.3 is 0 Å². The van der Waals surface area contributed by atoms with Gasteiger partial charge in [0.25, 0.3) is 5.91 Å². The van der Waals surface area contributed by atoms with Crippen molar-refractivity contribution in [3.63, 3.8) is 0 Å². The highest BCUT2D eigenvalue weighted by molar-refractivity contribution is 5.96. The molecule has 2 aliphatic rings. The summed E-state index contributed by atoms with van der Waals surface area (Å²) >= 11 is 0. The lowest BCUT2D eigenvalue weighted by Gasteiger charge is -2.25. The third kappa shape index (κ3) is 2.47. The lowest BCUT2D eigenvalue weighted by Crippen LogP contribution is -2.40. The number of benzene rings is 1. The van der Waals surface area contributed by atoms with Crippen LogP contribution in [0.25, 0.3) is 0 Å². The Hall–Kier alpha value is -1.35. The van der Waals surface area contributed by atoms with Gasteiger partial charge in [0.1, 0.15) is 0 Å². The number of hydrogen-bond donors (Lipinski definition) is 1. The number of carbonyl (C=O) groups excluding carboxylic acids is 1. The average molecular weight is 272 g/mol. The summed E-state index contributed by atoms with van der Waals surface area (Å²) in [6.45, 7) is 1.45. The van der Waals surface area contributed by atoms with Crippen LogP contribution in [0, 0.1) is 0 Å². The van der Waals surface area contributed by atoms with Crippen LogP contribution < -0.4 is 5.73 Å². The molecule has 1 unspecified atom stereocenters. The lowest BCUT2D eigenvalue weighted by molar-refractivity contribution is 0.0740. The topological polar surface area (TPSA) is 46.3 Å². The second-order valence-electron chi connectivity index (χ2n) is 6.03. The Morgan fingerprint density at radius 2 is 2.05 bits per heavy atom. The Bertz CT molecular complexity index is 498. The van der Waals surface area contributed by atoms with Gasteiger partial charge in [-0.1, -0.05) is 18.6 Å². The zero-order valence-electron chi connectivity index (χ0n) is 12.1. The molecule has 0 spiro atoms. The van der Waals surface area contributed by atoms with E-state index in [2.05, 4.69) is 6.07 Å². The van der Waals surface area contributed by atoms with E-state index in [1.54, 1.807) is 0 Å². The first-order chi connectivity index (χ1) is 9.81. The van der Waals surface area contributed by atoms with E-state index in [9.17, 15) is 4.79 Å². The summed E-state index contributed by atoms with van der Waals surface area (Å²) in [6.07, 6.45) is 8.05. The number of likely N-dealkylation sites (tertiary alicyclic amines) is 1. The predicted molar refractivity (Wildman–Crippen MR) is 80.8 cm³/mol. The van der Waals surface area contributed by atoms with Crippen molar-refractivity contribution in [2.45, 2.75) is 51.0 Å². The van der Waals surface area contributed by atoms with Gasteiger partial charge in [-0.05, 0) is 55.7 Å². The van der Waals surface area contributed by atoms with Gasteiger partial charge in [-0.3, -0.25) is 4.79 Å². The number of nitrogens with zero attached hydrogens (tertiary/aromatic N) is 1. The fourth-order valence-electron chi connectivity index (χ4n) is 3.66. The second-order valence-corrected chi connectivity index (χ2v) is 6.03. The molecule has 1 aromatic carbocycles. The molecule has 0 radical (unpaired) electrons. The highest BCUT2D eigenvalue weighted by Crippen LogP contribution is 2.27. The first-order valence-electron chi connectivity index (χ1n) is 7.93. The Balaban J connectivity index is 1.92. The molecule has 1 fully saturated rings. The Morgan fingerprint density at radius 1 is 1.20 bits per heavy atom. The van der Waals surface area contributed by atoms with Gasteiger partial charge in [0.05, 0.1) is 0 Å². The van der Waals surface area contributed by atoms with Crippen LogP contribution in [0.2, 0.25) is 0 Å². The second kappa shape index (κ2) is 5.96. The third-order valence-corrected chi connectivity index (χ3v) is 4.79. The average Bonchev–Trinajstić information content (AvgIpc) is 2.82. The Kier molecular flexibility index (Phi) is 4.06. The van der Waals surface area contributed by atoms with Gasteiger partial charge in [-0.25, -0.2) is 0 Å². The Morgan fingerprint density at radius 3 is 2.90 bits per heavy atom. The van der Waals surface area contributed by atoms with Crippen LogP contribution in [0.3, 0.4) is 0 Å². The summed E-state index contributed by atoms with van der Waals surface area (Å²) in [7, 11) is 0. The number of nitrogens with two attached hydrogens (primary N) is 1. The molecular weight excluding hydrogens is 248 g/mol. The standard InChI is InChI=1S/C17H24N2O/c18-12-14-8-5-11-19(14)17(20)16-10-4-7-13-6-2-1-3-9-15(13)16/h4,7,10,14H,1-3,5-6,8-9,11-12,18H2. The van der Waals surface area contributed by atoms with Crippen LogP contribution in [0.4, 0.5) is 0 Å². The molecule has 1 aliphatic heterocycles. The molecule has 1 aromatic rings. The largest absolute Gasteiger partial charge is 0.334 e. The number of hydrogen-bond acceptors (Lipinski definition) is 2. The van der Waals surface area contributed by atoms with E-state index in [1.807, 2.05) is 17.0 Å². The molecule has 1 aliphatic carbocycles. The van der Waals surface area contributed by atoms with E-state index in [0.29, 0.717) is 6.54 Å². The van der Waals surface area contributed by atoms with Gasteiger partial charge in [0, 0.05) is 24.7 Å². The minimum atomic E-state index is 0.205. The maximum absolute atomic E-state index is 12.9. The van der Waals surface area contributed by atoms with Gasteiger partial charge in [-0.15, -0.1) is 0 Å². The molecule has 0 bridgehead atoms. The monoisotopic (exact) mass is 272 g/mol. The summed E-state index contributed by atoms with van der Waals surface area (Å²) in [4.78, 5) is 14.9. The fraction of sp³-hybridized carbons (Fsp3) is 0.588. The van der Waals surface area contributed by atoms with Crippen LogP contribution >= 0.6 is 0 Å². The molecule has 1 atom stereocenters. The normalized spacial score (nSPS) is 22.4. The maximum atomic E-state index is 12.9. The van der Waals surface area contributed by atoms with Gasteiger partial charge in [0.15, 0.2) is 0 Å². The maximum Gasteiger partial charge on any atom is 0.254 e. The molecule has 3 nitrogen and oxygen atoms in total. The van der Waals surface area contributed by atoms with Crippen molar-refractivity contribution in [2.24, 2.45) is 5.73 Å². The first kappa shape index (κ1) is 13.6. The molecule has 20 heavy (non-hydrogen) atoms. The van der Waals surface area contributed by atoms with E-state index in [-0.39, 0.29) is 11.9 Å². The highest BCUT2D eigenvalue weighted by Gasteiger charge is 2.29. The van der Waals surface area contributed by atoms with Crippen molar-refractivity contribution in [1.82, 2.24) is 4.90 Å². The van der Waals surface area contributed by atoms with E-state index in [1.165, 1.54) is 30.4 Å². The van der Waals surface area contributed by atoms with Crippen molar-refractivity contribution in [2.75, 3.05) is 13.1 Å². The van der Waals surface area contributed by atoms with Crippen LogP contribution in [0.5, 0.6) is 0 Å². The predicted octanol–water partition coefficient (Wildman–Crippen LogP) is 2.52. The summed E-state index contributed by atoms with van der Waals surface area (Å²) in [5.74, 6) is 0.205. The van der Waals surface area contributed by atoms with Gasteiger partial charge in [0.2, 0.25) is 0 Å². The molecule has 0 saturated carbocycles. The molecule has 1 saturated heterocycles. The number of rotatable bonds is 2. The van der Waals surface area contributed by atoms with Crippen molar-refractivity contribution in [3.05, 3.63) is 34.9 Å². The molecule has 1 amide bonds. The quantitative estimate of drug-likeness (QED) is 0.841. The highest BCUT2D eigenvalue weighted by atomic mass is 16.2. The van der Waals surface area contributed by atoms with Gasteiger partial charge in [-0.2, -0.15) is 0 Å². The number of amides is 1. The van der Waals surface area contributed by atoms with E-state index in [4.69, 9.17) is 5.73 Å². The smallest absolute Gasteiger partial charge is 0.254 e. The van der Waals surface area contributed by atoms with Crippen molar-refractivity contribution in [1.29, 1.82) is 0 Å². The minimum absolute atomic E-state index is 0.205. The molecule has 2 N–H and O–H groups in total. The van der Waals surface area contributed by atoms with Crippen molar-refractivity contribution < 1.29 is 4.79 Å². The lowest BCUT2D eigenvalue weighted by atomic mass is 9.96.